The predicted octanol–water partition coefficient (Wildman–Crippen LogP) is 2.97. The molecule has 0 spiro atoms. The summed E-state index contributed by atoms with van der Waals surface area (Å²) in [7, 11) is 6.18. The molecule has 2 aromatic rings. The molecule has 118 valence electrons. The van der Waals surface area contributed by atoms with E-state index in [2.05, 4.69) is 35.6 Å². The van der Waals surface area contributed by atoms with Crippen molar-refractivity contribution in [2.24, 2.45) is 7.05 Å². The number of hydrogen-bond donors (Lipinski definition) is 0. The highest BCUT2D eigenvalue weighted by Gasteiger charge is 2.21. The lowest BCUT2D eigenvalue weighted by Gasteiger charge is -2.13. The van der Waals surface area contributed by atoms with Crippen LogP contribution in [0.2, 0.25) is 0 Å². The minimum absolute atomic E-state index is 0.0915. The average molecular weight is 312 g/mol. The Kier molecular flexibility index (Phi) is 5.27. The van der Waals surface area contributed by atoms with E-state index in [1.165, 1.54) is 0 Å². The molecule has 6 heteroatoms. The zero-order valence-corrected chi connectivity index (χ0v) is 14.5. The van der Waals surface area contributed by atoms with E-state index in [-0.39, 0.29) is 5.38 Å². The number of aryl methyl sites for hydroxylation is 3. The first-order valence-corrected chi connectivity index (χ1v) is 8.10. The Morgan fingerprint density at radius 1 is 1.33 bits per heavy atom. The maximum atomic E-state index is 6.34. The quantitative estimate of drug-likeness (QED) is 0.738. The summed E-state index contributed by atoms with van der Waals surface area (Å²) in [5.74, 6) is 0.954. The van der Waals surface area contributed by atoms with Gasteiger partial charge in [0, 0.05) is 13.6 Å². The van der Waals surface area contributed by atoms with Gasteiger partial charge >= 0.3 is 0 Å². The van der Waals surface area contributed by atoms with Gasteiger partial charge in [-0.05, 0) is 40.4 Å². The molecular weight excluding hydrogens is 286 g/mol. The molecule has 0 radical (unpaired) electrons. The lowest BCUT2D eigenvalue weighted by Crippen LogP contribution is -2.16. The molecule has 2 heterocycles. The van der Waals surface area contributed by atoms with Crippen LogP contribution in [0.3, 0.4) is 0 Å². The monoisotopic (exact) mass is 311 g/mol. The van der Waals surface area contributed by atoms with Gasteiger partial charge in [0.1, 0.15) is 11.3 Å². The standard InChI is InChI=1S/C15H26ClN5/c1-6-8-12-13-15(20(5)18-12)21(10-7-9-19(3)4)14(17-13)11(2)16/h11H,6-10H2,1-5H3. The van der Waals surface area contributed by atoms with Crippen molar-refractivity contribution in [2.45, 2.75) is 45.0 Å². The number of alkyl halides is 1. The second kappa shape index (κ2) is 6.79. The SMILES string of the molecule is CCCc1nn(C)c2c1nc(C(C)Cl)n2CCCN(C)C. The number of halogens is 1. The number of fused-ring (bicyclic) bond motifs is 1. The fourth-order valence-corrected chi connectivity index (χ4v) is 2.90. The van der Waals surface area contributed by atoms with Crippen LogP contribution in [-0.4, -0.2) is 44.9 Å². The van der Waals surface area contributed by atoms with Crippen LogP contribution in [0.25, 0.3) is 11.2 Å². The van der Waals surface area contributed by atoms with Crippen molar-refractivity contribution in [1.29, 1.82) is 0 Å². The minimum atomic E-state index is -0.0915. The molecule has 0 aliphatic carbocycles. The van der Waals surface area contributed by atoms with Gasteiger partial charge in [-0.1, -0.05) is 13.3 Å². The molecule has 0 aliphatic heterocycles. The van der Waals surface area contributed by atoms with E-state index < -0.39 is 0 Å². The second-order valence-electron chi connectivity index (χ2n) is 5.89. The molecule has 0 saturated carbocycles. The summed E-state index contributed by atoms with van der Waals surface area (Å²) in [5.41, 5.74) is 3.20. The third-order valence-corrected chi connectivity index (χ3v) is 3.85. The molecular formula is C15H26ClN5. The van der Waals surface area contributed by atoms with Crippen LogP contribution in [0.1, 0.15) is 43.6 Å². The van der Waals surface area contributed by atoms with Gasteiger partial charge in [-0.2, -0.15) is 5.10 Å². The van der Waals surface area contributed by atoms with E-state index >= 15 is 0 Å². The molecule has 5 nitrogen and oxygen atoms in total. The smallest absolute Gasteiger partial charge is 0.158 e. The normalized spacial score (nSPS) is 13.5. The van der Waals surface area contributed by atoms with Crippen molar-refractivity contribution in [3.05, 3.63) is 11.5 Å². The van der Waals surface area contributed by atoms with Gasteiger partial charge in [-0.15, -0.1) is 11.6 Å². The summed E-state index contributed by atoms with van der Waals surface area (Å²) in [4.78, 5) is 6.98. The molecule has 0 aliphatic rings. The Bertz CT molecular complexity index is 597. The molecule has 21 heavy (non-hydrogen) atoms. The zero-order chi connectivity index (χ0) is 15.6. The summed E-state index contributed by atoms with van der Waals surface area (Å²) >= 11 is 6.34. The summed E-state index contributed by atoms with van der Waals surface area (Å²) in [6.07, 6.45) is 3.11. The number of rotatable bonds is 7. The van der Waals surface area contributed by atoms with Gasteiger partial charge in [0.2, 0.25) is 0 Å². The van der Waals surface area contributed by atoms with E-state index in [1.807, 2.05) is 18.7 Å². The molecule has 1 atom stereocenters. The summed E-state index contributed by atoms with van der Waals surface area (Å²) < 4.78 is 4.19. The Balaban J connectivity index is 2.41. The van der Waals surface area contributed by atoms with Crippen LogP contribution in [0, 0.1) is 0 Å². The van der Waals surface area contributed by atoms with Crippen molar-refractivity contribution in [2.75, 3.05) is 20.6 Å². The van der Waals surface area contributed by atoms with Gasteiger partial charge < -0.3 is 9.47 Å². The molecule has 0 N–H and O–H groups in total. The van der Waals surface area contributed by atoms with E-state index in [1.54, 1.807) is 0 Å². The Morgan fingerprint density at radius 2 is 2.05 bits per heavy atom. The van der Waals surface area contributed by atoms with Crippen LogP contribution in [0.5, 0.6) is 0 Å². The summed E-state index contributed by atoms with van der Waals surface area (Å²) in [6.45, 7) is 6.12. The number of hydrogen-bond acceptors (Lipinski definition) is 3. The third kappa shape index (κ3) is 3.40. The van der Waals surface area contributed by atoms with Gasteiger partial charge in [0.25, 0.3) is 0 Å². The van der Waals surface area contributed by atoms with Crippen LogP contribution in [-0.2, 0) is 20.0 Å². The van der Waals surface area contributed by atoms with Crippen LogP contribution in [0.4, 0.5) is 0 Å². The predicted molar refractivity (Wildman–Crippen MR) is 87.9 cm³/mol. The van der Waals surface area contributed by atoms with Crippen molar-refractivity contribution in [3.63, 3.8) is 0 Å². The topological polar surface area (TPSA) is 38.9 Å². The lowest BCUT2D eigenvalue weighted by molar-refractivity contribution is 0.385. The van der Waals surface area contributed by atoms with Gasteiger partial charge in [-0.25, -0.2) is 4.98 Å². The molecule has 2 aromatic heterocycles. The highest BCUT2D eigenvalue weighted by atomic mass is 35.5. The highest BCUT2D eigenvalue weighted by molar-refractivity contribution is 6.20. The van der Waals surface area contributed by atoms with Crippen molar-refractivity contribution >= 4 is 22.8 Å². The van der Waals surface area contributed by atoms with Gasteiger partial charge in [0.15, 0.2) is 5.65 Å². The fraction of sp³-hybridized carbons (Fsp3) is 0.733. The molecule has 0 aromatic carbocycles. The Morgan fingerprint density at radius 3 is 2.62 bits per heavy atom. The van der Waals surface area contributed by atoms with E-state index in [0.717, 1.165) is 55.0 Å². The largest absolute Gasteiger partial charge is 0.312 e. The van der Waals surface area contributed by atoms with E-state index in [4.69, 9.17) is 16.6 Å². The summed E-state index contributed by atoms with van der Waals surface area (Å²) in [6, 6.07) is 0. The first kappa shape index (κ1) is 16.3. The van der Waals surface area contributed by atoms with Crippen LogP contribution in [0.15, 0.2) is 0 Å². The van der Waals surface area contributed by atoms with E-state index in [0.29, 0.717) is 0 Å². The fourth-order valence-electron chi connectivity index (χ4n) is 2.73. The van der Waals surface area contributed by atoms with Crippen molar-refractivity contribution in [3.8, 4) is 0 Å². The first-order chi connectivity index (χ1) is 9.95. The third-order valence-electron chi connectivity index (χ3n) is 3.65. The lowest BCUT2D eigenvalue weighted by atomic mass is 10.2. The number of nitrogens with zero attached hydrogens (tertiary/aromatic N) is 5. The maximum absolute atomic E-state index is 6.34. The second-order valence-corrected chi connectivity index (χ2v) is 6.54. The Labute approximate surface area is 131 Å². The first-order valence-electron chi connectivity index (χ1n) is 7.66. The molecule has 2 rings (SSSR count). The molecule has 0 bridgehead atoms. The number of imidazole rings is 1. The summed E-state index contributed by atoms with van der Waals surface area (Å²) in [5, 5.41) is 4.53. The maximum Gasteiger partial charge on any atom is 0.158 e. The van der Waals surface area contributed by atoms with Crippen molar-refractivity contribution < 1.29 is 0 Å². The molecule has 0 fully saturated rings. The van der Waals surface area contributed by atoms with Gasteiger partial charge in [0.05, 0.1) is 11.1 Å². The zero-order valence-electron chi connectivity index (χ0n) is 13.7. The molecule has 0 saturated heterocycles. The van der Waals surface area contributed by atoms with Crippen LogP contribution < -0.4 is 0 Å². The number of aromatic nitrogens is 4. The molecule has 0 amide bonds. The Hall–Kier alpha value is -1.07. The minimum Gasteiger partial charge on any atom is -0.312 e. The average Bonchev–Trinajstić information content (AvgIpc) is 2.90. The van der Waals surface area contributed by atoms with Gasteiger partial charge in [-0.3, -0.25) is 4.68 Å². The van der Waals surface area contributed by atoms with E-state index in [9.17, 15) is 0 Å². The van der Waals surface area contributed by atoms with Crippen molar-refractivity contribution in [1.82, 2.24) is 24.2 Å². The molecule has 1 unspecified atom stereocenters. The van der Waals surface area contributed by atoms with Crippen LogP contribution >= 0.6 is 11.6 Å². The highest BCUT2D eigenvalue weighted by Crippen LogP contribution is 2.27.